The molecule has 4 heteroatoms. The highest BCUT2D eigenvalue weighted by atomic mass is 31.1. The minimum atomic E-state index is 0.764. The SMILES string of the molecule is Cn1cc(C2=CC=CPC=C2)nn1. The maximum Gasteiger partial charge on any atom is 0.113 e. The summed E-state index contributed by atoms with van der Waals surface area (Å²) >= 11 is 0. The molecule has 2 rings (SSSR count). The first-order valence-corrected chi connectivity index (χ1v) is 5.18. The van der Waals surface area contributed by atoms with Gasteiger partial charge >= 0.3 is 0 Å². The summed E-state index contributed by atoms with van der Waals surface area (Å²) in [4.78, 5) is 0. The lowest BCUT2D eigenvalue weighted by Gasteiger charge is -1.91. The van der Waals surface area contributed by atoms with Crippen molar-refractivity contribution in [2.24, 2.45) is 7.05 Å². The van der Waals surface area contributed by atoms with E-state index in [0.29, 0.717) is 0 Å². The molecule has 0 amide bonds. The Hall–Kier alpha value is -1.21. The van der Waals surface area contributed by atoms with Crippen molar-refractivity contribution in [1.82, 2.24) is 15.0 Å². The molecule has 0 saturated heterocycles. The molecule has 0 aromatic carbocycles. The molecule has 13 heavy (non-hydrogen) atoms. The minimum absolute atomic E-state index is 0.764. The Morgan fingerprint density at radius 3 is 3.08 bits per heavy atom. The fraction of sp³-hybridized carbons (Fsp3) is 0.111. The Bertz CT molecular complexity index is 387. The third-order valence-electron chi connectivity index (χ3n) is 1.73. The van der Waals surface area contributed by atoms with E-state index in [4.69, 9.17) is 0 Å². The quantitative estimate of drug-likeness (QED) is 0.635. The molecule has 0 N–H and O–H groups in total. The lowest BCUT2D eigenvalue weighted by molar-refractivity contribution is 0.714. The van der Waals surface area contributed by atoms with E-state index < -0.39 is 0 Å². The van der Waals surface area contributed by atoms with Gasteiger partial charge in [-0.2, -0.15) is 0 Å². The molecule has 3 nitrogen and oxygen atoms in total. The van der Waals surface area contributed by atoms with Crippen molar-refractivity contribution in [3.05, 3.63) is 41.8 Å². The first kappa shape index (κ1) is 8.39. The first-order valence-electron chi connectivity index (χ1n) is 4.02. The maximum absolute atomic E-state index is 4.04. The fourth-order valence-corrected chi connectivity index (χ4v) is 1.70. The zero-order chi connectivity index (χ0) is 9.10. The van der Waals surface area contributed by atoms with E-state index in [1.54, 1.807) is 4.68 Å². The fourth-order valence-electron chi connectivity index (χ4n) is 1.11. The van der Waals surface area contributed by atoms with Gasteiger partial charge in [0.25, 0.3) is 0 Å². The number of nitrogens with zero attached hydrogens (tertiary/aromatic N) is 3. The summed E-state index contributed by atoms with van der Waals surface area (Å²) < 4.78 is 1.71. The lowest BCUT2D eigenvalue weighted by Crippen LogP contribution is -1.85. The highest BCUT2D eigenvalue weighted by Gasteiger charge is 2.01. The maximum atomic E-state index is 4.04. The number of aromatic nitrogens is 3. The zero-order valence-electron chi connectivity index (χ0n) is 7.31. The van der Waals surface area contributed by atoms with Crippen LogP contribution in [-0.4, -0.2) is 15.0 Å². The van der Waals surface area contributed by atoms with E-state index in [9.17, 15) is 0 Å². The van der Waals surface area contributed by atoms with E-state index in [1.165, 1.54) is 0 Å². The molecule has 1 aromatic heterocycles. The van der Waals surface area contributed by atoms with Gasteiger partial charge in [0.2, 0.25) is 0 Å². The van der Waals surface area contributed by atoms with Crippen LogP contribution in [0.3, 0.4) is 0 Å². The van der Waals surface area contributed by atoms with E-state index >= 15 is 0 Å². The Morgan fingerprint density at radius 1 is 1.38 bits per heavy atom. The second kappa shape index (κ2) is 3.67. The molecule has 0 bridgehead atoms. The standard InChI is InChI=1S/C9H10N3P/c1-12-7-9(10-11-12)8-3-2-5-13-6-4-8/h2-7,13H,1H3. The van der Waals surface area contributed by atoms with Crippen LogP contribution in [0.5, 0.6) is 0 Å². The third kappa shape index (κ3) is 1.93. The lowest BCUT2D eigenvalue weighted by atomic mass is 10.2. The molecular weight excluding hydrogens is 181 g/mol. The topological polar surface area (TPSA) is 30.7 Å². The van der Waals surface area contributed by atoms with Gasteiger partial charge in [-0.3, -0.25) is 4.68 Å². The molecule has 1 aromatic rings. The van der Waals surface area contributed by atoms with Gasteiger partial charge in [-0.05, 0) is 0 Å². The molecule has 0 radical (unpaired) electrons. The number of allylic oxidation sites excluding steroid dienone is 4. The highest BCUT2D eigenvalue weighted by Crippen LogP contribution is 2.22. The van der Waals surface area contributed by atoms with Crippen molar-refractivity contribution in [3.63, 3.8) is 0 Å². The summed E-state index contributed by atoms with van der Waals surface area (Å²) in [5, 5.41) is 7.94. The van der Waals surface area contributed by atoms with Crippen LogP contribution in [0.4, 0.5) is 0 Å². The van der Waals surface area contributed by atoms with Crippen molar-refractivity contribution in [2.45, 2.75) is 0 Å². The van der Waals surface area contributed by atoms with Gasteiger partial charge in [0.05, 0.1) is 6.20 Å². The van der Waals surface area contributed by atoms with Crippen molar-refractivity contribution < 1.29 is 0 Å². The van der Waals surface area contributed by atoms with Gasteiger partial charge in [0.15, 0.2) is 0 Å². The molecule has 0 saturated carbocycles. The smallest absolute Gasteiger partial charge is 0.113 e. The normalized spacial score (nSPS) is 17.5. The van der Waals surface area contributed by atoms with Crippen LogP contribution in [-0.2, 0) is 7.05 Å². The number of hydrogen-bond acceptors (Lipinski definition) is 2. The second-order valence-electron chi connectivity index (χ2n) is 2.76. The van der Waals surface area contributed by atoms with Crippen LogP contribution in [0.25, 0.3) is 5.57 Å². The molecule has 0 fully saturated rings. The number of rotatable bonds is 1. The summed E-state index contributed by atoms with van der Waals surface area (Å²) in [7, 11) is 2.63. The van der Waals surface area contributed by atoms with Crippen molar-refractivity contribution in [2.75, 3.05) is 0 Å². The van der Waals surface area contributed by atoms with Crippen molar-refractivity contribution >= 4 is 14.2 Å². The molecular formula is C9H10N3P. The Labute approximate surface area is 78.6 Å². The minimum Gasteiger partial charge on any atom is -0.255 e. The van der Waals surface area contributed by atoms with E-state index in [1.807, 2.05) is 13.2 Å². The van der Waals surface area contributed by atoms with Gasteiger partial charge in [0, 0.05) is 12.6 Å². The summed E-state index contributed by atoms with van der Waals surface area (Å²) in [6.07, 6.45) is 8.11. The largest absolute Gasteiger partial charge is 0.255 e. The number of hydrogen-bond donors (Lipinski definition) is 0. The summed E-state index contributed by atoms with van der Waals surface area (Å²) in [6.45, 7) is 0. The molecule has 1 atom stereocenters. The first-order chi connectivity index (χ1) is 6.36. The Morgan fingerprint density at radius 2 is 2.31 bits per heavy atom. The zero-order valence-corrected chi connectivity index (χ0v) is 8.31. The van der Waals surface area contributed by atoms with E-state index in [0.717, 1.165) is 19.8 Å². The summed E-state index contributed by atoms with van der Waals surface area (Å²) in [5.41, 5.74) is 2.05. The second-order valence-corrected chi connectivity index (χ2v) is 3.76. The van der Waals surface area contributed by atoms with Crippen LogP contribution in [0, 0.1) is 0 Å². The average molecular weight is 191 g/mol. The molecule has 1 aliphatic heterocycles. The van der Waals surface area contributed by atoms with Crippen LogP contribution in [0.15, 0.2) is 36.1 Å². The molecule has 0 spiro atoms. The van der Waals surface area contributed by atoms with Gasteiger partial charge in [-0.1, -0.05) is 43.7 Å². The predicted octanol–water partition coefficient (Wildman–Crippen LogP) is 1.92. The Balaban J connectivity index is 2.35. The predicted molar refractivity (Wildman–Crippen MR) is 55.6 cm³/mol. The average Bonchev–Trinajstić information content (AvgIpc) is 2.43. The van der Waals surface area contributed by atoms with Gasteiger partial charge in [-0.15, -0.1) is 5.10 Å². The van der Waals surface area contributed by atoms with Crippen LogP contribution in [0.1, 0.15) is 5.69 Å². The van der Waals surface area contributed by atoms with Crippen LogP contribution >= 0.6 is 8.58 Å². The van der Waals surface area contributed by atoms with Crippen molar-refractivity contribution in [3.8, 4) is 0 Å². The monoisotopic (exact) mass is 191 g/mol. The van der Waals surface area contributed by atoms with Crippen molar-refractivity contribution in [1.29, 1.82) is 0 Å². The molecule has 2 heterocycles. The van der Waals surface area contributed by atoms with Gasteiger partial charge in [0.1, 0.15) is 5.69 Å². The van der Waals surface area contributed by atoms with E-state index in [2.05, 4.69) is 40.2 Å². The third-order valence-corrected chi connectivity index (χ3v) is 2.47. The van der Waals surface area contributed by atoms with Crippen LogP contribution in [0.2, 0.25) is 0 Å². The summed E-state index contributed by atoms with van der Waals surface area (Å²) in [6, 6.07) is 0. The summed E-state index contributed by atoms with van der Waals surface area (Å²) in [5.74, 6) is 4.28. The molecule has 1 unspecified atom stereocenters. The molecule has 0 aliphatic carbocycles. The highest BCUT2D eigenvalue weighted by molar-refractivity contribution is 7.45. The Kier molecular flexibility index (Phi) is 2.37. The van der Waals surface area contributed by atoms with Crippen LogP contribution < -0.4 is 0 Å². The number of aryl methyl sites for hydroxylation is 1. The molecule has 66 valence electrons. The van der Waals surface area contributed by atoms with Gasteiger partial charge < -0.3 is 0 Å². The van der Waals surface area contributed by atoms with Gasteiger partial charge in [-0.25, -0.2) is 0 Å². The molecule has 1 aliphatic rings. The van der Waals surface area contributed by atoms with E-state index in [-0.39, 0.29) is 0 Å².